The molecule has 7 heteroatoms. The summed E-state index contributed by atoms with van der Waals surface area (Å²) in [6.07, 6.45) is 1.57. The number of guanidine groups is 1. The van der Waals surface area contributed by atoms with Crippen molar-refractivity contribution < 1.29 is 19.0 Å². The van der Waals surface area contributed by atoms with Crippen LogP contribution >= 0.6 is 0 Å². The molecule has 0 amide bonds. The molecule has 3 atom stereocenters. The Morgan fingerprint density at radius 3 is 2.77 bits per heavy atom. The van der Waals surface area contributed by atoms with Crippen LogP contribution in [-0.2, 0) is 9.47 Å². The number of nitrogens with one attached hydrogen (secondary N) is 1. The number of nitrogens with zero attached hydrogens (tertiary/aromatic N) is 2. The largest absolute Gasteiger partial charge is 0.386 e. The number of aliphatic hydroxyl groups is 1. The molecule has 0 saturated carbocycles. The molecule has 3 rings (SSSR count). The second-order valence-corrected chi connectivity index (χ2v) is 6.67. The number of hydrogen-bond acceptors (Lipinski definition) is 4. The van der Waals surface area contributed by atoms with Crippen molar-refractivity contribution in [2.75, 3.05) is 39.4 Å². The van der Waals surface area contributed by atoms with Gasteiger partial charge in [0.2, 0.25) is 0 Å². The van der Waals surface area contributed by atoms with Gasteiger partial charge in [-0.1, -0.05) is 12.1 Å². The Morgan fingerprint density at radius 1 is 1.31 bits per heavy atom. The van der Waals surface area contributed by atoms with Crippen LogP contribution < -0.4 is 5.32 Å². The van der Waals surface area contributed by atoms with Gasteiger partial charge in [0.15, 0.2) is 5.96 Å². The monoisotopic (exact) mass is 365 g/mol. The quantitative estimate of drug-likeness (QED) is 0.614. The van der Waals surface area contributed by atoms with Crippen LogP contribution in [0, 0.1) is 5.82 Å². The van der Waals surface area contributed by atoms with Crippen LogP contribution in [0.25, 0.3) is 0 Å². The molecular weight excluding hydrogens is 337 g/mol. The van der Waals surface area contributed by atoms with E-state index in [1.54, 1.807) is 12.1 Å². The molecule has 1 aromatic carbocycles. The van der Waals surface area contributed by atoms with Crippen molar-refractivity contribution in [3.63, 3.8) is 0 Å². The fourth-order valence-electron chi connectivity index (χ4n) is 3.38. The minimum Gasteiger partial charge on any atom is -0.386 e. The Hall–Kier alpha value is -1.70. The van der Waals surface area contributed by atoms with Crippen LogP contribution in [-0.4, -0.2) is 67.6 Å². The average molecular weight is 365 g/mol. The second-order valence-electron chi connectivity index (χ2n) is 6.67. The van der Waals surface area contributed by atoms with E-state index in [2.05, 4.69) is 15.2 Å². The highest BCUT2D eigenvalue weighted by molar-refractivity contribution is 5.80. The van der Waals surface area contributed by atoms with Crippen LogP contribution in [0.15, 0.2) is 29.3 Å². The van der Waals surface area contributed by atoms with E-state index < -0.39 is 6.10 Å². The van der Waals surface area contributed by atoms with Gasteiger partial charge in [-0.05, 0) is 37.5 Å². The van der Waals surface area contributed by atoms with Crippen molar-refractivity contribution in [2.24, 2.45) is 4.99 Å². The van der Waals surface area contributed by atoms with Crippen molar-refractivity contribution in [2.45, 2.75) is 38.1 Å². The highest BCUT2D eigenvalue weighted by Gasteiger charge is 2.32. The number of aliphatic hydroxyl groups excluding tert-OH is 1. The second kappa shape index (κ2) is 9.30. The van der Waals surface area contributed by atoms with Crippen LogP contribution in [0.5, 0.6) is 0 Å². The Kier molecular flexibility index (Phi) is 6.82. The molecule has 2 aliphatic rings. The number of benzene rings is 1. The SMILES string of the molecule is CCNC(=NCC(O)c1ccc(F)cc1)N1CCOC(C2CCCO2)C1. The third-order valence-corrected chi connectivity index (χ3v) is 4.78. The summed E-state index contributed by atoms with van der Waals surface area (Å²) < 4.78 is 24.7. The van der Waals surface area contributed by atoms with E-state index in [1.807, 2.05) is 6.92 Å². The van der Waals surface area contributed by atoms with E-state index in [0.29, 0.717) is 12.2 Å². The summed E-state index contributed by atoms with van der Waals surface area (Å²) in [6.45, 7) is 5.90. The third kappa shape index (κ3) is 4.93. The summed E-state index contributed by atoms with van der Waals surface area (Å²) in [6, 6.07) is 5.87. The first-order valence-electron chi connectivity index (χ1n) is 9.37. The summed E-state index contributed by atoms with van der Waals surface area (Å²) in [5, 5.41) is 13.6. The molecule has 2 N–H and O–H groups in total. The van der Waals surface area contributed by atoms with Crippen LogP contribution in [0.1, 0.15) is 31.4 Å². The molecule has 2 saturated heterocycles. The minimum absolute atomic E-state index is 0.0529. The van der Waals surface area contributed by atoms with Gasteiger partial charge in [0.1, 0.15) is 11.9 Å². The molecule has 2 aliphatic heterocycles. The topological polar surface area (TPSA) is 66.3 Å². The number of hydrogen-bond donors (Lipinski definition) is 2. The molecule has 26 heavy (non-hydrogen) atoms. The highest BCUT2D eigenvalue weighted by Crippen LogP contribution is 2.21. The van der Waals surface area contributed by atoms with Crippen molar-refractivity contribution in [3.05, 3.63) is 35.6 Å². The average Bonchev–Trinajstić information content (AvgIpc) is 3.20. The lowest BCUT2D eigenvalue weighted by atomic mass is 10.1. The Balaban J connectivity index is 1.63. The van der Waals surface area contributed by atoms with E-state index in [1.165, 1.54) is 12.1 Å². The number of ether oxygens (including phenoxy) is 2. The molecule has 0 radical (unpaired) electrons. The number of aliphatic imine (C=N–C) groups is 1. The van der Waals surface area contributed by atoms with Gasteiger partial charge < -0.3 is 24.8 Å². The molecule has 0 bridgehead atoms. The van der Waals surface area contributed by atoms with E-state index in [-0.39, 0.29) is 24.6 Å². The first-order chi connectivity index (χ1) is 12.7. The maximum Gasteiger partial charge on any atom is 0.194 e. The standard InChI is InChI=1S/C19H28FN3O3/c1-2-21-19(22-12-16(24)14-5-7-15(20)8-6-14)23-9-11-26-18(13-23)17-4-3-10-25-17/h5-8,16-18,24H,2-4,9-13H2,1H3,(H,21,22). The lowest BCUT2D eigenvalue weighted by Crippen LogP contribution is -2.53. The molecular formula is C19H28FN3O3. The van der Waals surface area contributed by atoms with Gasteiger partial charge >= 0.3 is 0 Å². The van der Waals surface area contributed by atoms with E-state index in [4.69, 9.17) is 9.47 Å². The molecule has 2 fully saturated rings. The summed E-state index contributed by atoms with van der Waals surface area (Å²) >= 11 is 0. The van der Waals surface area contributed by atoms with Gasteiger partial charge in [-0.15, -0.1) is 0 Å². The fourth-order valence-corrected chi connectivity index (χ4v) is 3.38. The van der Waals surface area contributed by atoms with Crippen molar-refractivity contribution in [1.82, 2.24) is 10.2 Å². The van der Waals surface area contributed by atoms with Gasteiger partial charge in [0.05, 0.1) is 25.4 Å². The lowest BCUT2D eigenvalue weighted by molar-refractivity contribution is -0.0817. The predicted molar refractivity (Wildman–Crippen MR) is 97.6 cm³/mol. The van der Waals surface area contributed by atoms with Gasteiger partial charge in [-0.2, -0.15) is 0 Å². The number of morpholine rings is 1. The van der Waals surface area contributed by atoms with Gasteiger partial charge in [-0.25, -0.2) is 4.39 Å². The normalized spacial score (nSPS) is 25.3. The zero-order valence-electron chi connectivity index (χ0n) is 15.2. The van der Waals surface area contributed by atoms with Gasteiger partial charge in [0.25, 0.3) is 0 Å². The summed E-state index contributed by atoms with van der Waals surface area (Å²) in [5.41, 5.74) is 0.658. The Labute approximate surface area is 154 Å². The molecule has 0 aliphatic carbocycles. The summed E-state index contributed by atoms with van der Waals surface area (Å²) in [4.78, 5) is 6.75. The number of rotatable bonds is 5. The summed E-state index contributed by atoms with van der Waals surface area (Å²) in [7, 11) is 0. The molecule has 0 aromatic heterocycles. The van der Waals surface area contributed by atoms with Crippen LogP contribution in [0.3, 0.4) is 0 Å². The maximum absolute atomic E-state index is 13.0. The van der Waals surface area contributed by atoms with Gasteiger partial charge in [0, 0.05) is 26.2 Å². The molecule has 6 nitrogen and oxygen atoms in total. The zero-order valence-corrected chi connectivity index (χ0v) is 15.2. The van der Waals surface area contributed by atoms with Crippen LogP contribution in [0.2, 0.25) is 0 Å². The Bertz CT molecular complexity index is 590. The highest BCUT2D eigenvalue weighted by atomic mass is 19.1. The fraction of sp³-hybridized carbons (Fsp3) is 0.632. The van der Waals surface area contributed by atoms with E-state index in [0.717, 1.165) is 45.0 Å². The third-order valence-electron chi connectivity index (χ3n) is 4.78. The van der Waals surface area contributed by atoms with Gasteiger partial charge in [-0.3, -0.25) is 4.99 Å². The molecule has 2 heterocycles. The molecule has 1 aromatic rings. The minimum atomic E-state index is -0.765. The maximum atomic E-state index is 13.0. The van der Waals surface area contributed by atoms with Crippen LogP contribution in [0.4, 0.5) is 4.39 Å². The first kappa shape index (κ1) is 19.1. The molecule has 0 spiro atoms. The van der Waals surface area contributed by atoms with Crippen molar-refractivity contribution in [3.8, 4) is 0 Å². The smallest absolute Gasteiger partial charge is 0.194 e. The lowest BCUT2D eigenvalue weighted by Gasteiger charge is -2.37. The molecule has 3 unspecified atom stereocenters. The van der Waals surface area contributed by atoms with E-state index in [9.17, 15) is 9.50 Å². The Morgan fingerprint density at radius 2 is 2.08 bits per heavy atom. The van der Waals surface area contributed by atoms with Crippen molar-refractivity contribution >= 4 is 5.96 Å². The first-order valence-corrected chi connectivity index (χ1v) is 9.37. The summed E-state index contributed by atoms with van der Waals surface area (Å²) in [5.74, 6) is 0.450. The molecule has 144 valence electrons. The predicted octanol–water partition coefficient (Wildman–Crippen LogP) is 1.70. The zero-order chi connectivity index (χ0) is 18.4. The number of halogens is 1. The van der Waals surface area contributed by atoms with E-state index >= 15 is 0 Å². The van der Waals surface area contributed by atoms with Crippen molar-refractivity contribution in [1.29, 1.82) is 0 Å².